The van der Waals surface area contributed by atoms with Gasteiger partial charge in [-0.05, 0) is 48.9 Å². The van der Waals surface area contributed by atoms with Crippen LogP contribution in [0.25, 0.3) is 0 Å². The van der Waals surface area contributed by atoms with Crippen molar-refractivity contribution in [3.63, 3.8) is 0 Å². The summed E-state index contributed by atoms with van der Waals surface area (Å²) in [5.41, 5.74) is 3.02. The van der Waals surface area contributed by atoms with Crippen LogP contribution in [-0.4, -0.2) is 32.4 Å². The van der Waals surface area contributed by atoms with Gasteiger partial charge in [0.25, 0.3) is 5.91 Å². The van der Waals surface area contributed by atoms with E-state index in [4.69, 9.17) is 37.4 Å². The van der Waals surface area contributed by atoms with Gasteiger partial charge in [-0.1, -0.05) is 23.2 Å². The molecule has 0 saturated heterocycles. The predicted molar refractivity (Wildman–Crippen MR) is 102 cm³/mol. The van der Waals surface area contributed by atoms with Gasteiger partial charge in [0.15, 0.2) is 18.1 Å². The summed E-state index contributed by atoms with van der Waals surface area (Å²) in [6, 6.07) is 10.1. The highest BCUT2D eigenvalue weighted by Crippen LogP contribution is 2.35. The SMILES string of the molecule is CCOc1c(Cl)cc(C=NNC(=O)COc2ccc(Cl)cc2)cc1OC. The van der Waals surface area contributed by atoms with Crippen LogP contribution in [0.3, 0.4) is 0 Å². The van der Waals surface area contributed by atoms with Gasteiger partial charge in [0.2, 0.25) is 0 Å². The van der Waals surface area contributed by atoms with E-state index in [-0.39, 0.29) is 6.61 Å². The number of hydrazone groups is 1. The molecule has 0 aliphatic rings. The van der Waals surface area contributed by atoms with Crippen molar-refractivity contribution in [3.05, 3.63) is 52.0 Å². The number of hydrogen-bond acceptors (Lipinski definition) is 5. The van der Waals surface area contributed by atoms with Crippen molar-refractivity contribution in [2.24, 2.45) is 5.10 Å². The molecular weight excluding hydrogens is 379 g/mol. The lowest BCUT2D eigenvalue weighted by Gasteiger charge is -2.11. The Kier molecular flexibility index (Phi) is 7.56. The lowest BCUT2D eigenvalue weighted by Crippen LogP contribution is -2.24. The summed E-state index contributed by atoms with van der Waals surface area (Å²) in [6.45, 7) is 2.15. The molecule has 2 aromatic rings. The molecule has 1 amide bonds. The molecule has 0 saturated carbocycles. The molecule has 1 N–H and O–H groups in total. The molecule has 6 nitrogen and oxygen atoms in total. The van der Waals surface area contributed by atoms with Crippen LogP contribution in [0.5, 0.6) is 17.2 Å². The molecule has 26 heavy (non-hydrogen) atoms. The third-order valence-corrected chi connectivity index (χ3v) is 3.66. The van der Waals surface area contributed by atoms with Crippen molar-refractivity contribution in [3.8, 4) is 17.2 Å². The minimum atomic E-state index is -0.403. The minimum Gasteiger partial charge on any atom is -0.493 e. The van der Waals surface area contributed by atoms with Crippen LogP contribution in [-0.2, 0) is 4.79 Å². The van der Waals surface area contributed by atoms with Crippen LogP contribution >= 0.6 is 23.2 Å². The second-order valence-electron chi connectivity index (χ2n) is 5.00. The van der Waals surface area contributed by atoms with Crippen LogP contribution in [0, 0.1) is 0 Å². The van der Waals surface area contributed by atoms with E-state index < -0.39 is 5.91 Å². The molecule has 0 atom stereocenters. The van der Waals surface area contributed by atoms with E-state index in [0.29, 0.717) is 39.5 Å². The standard InChI is InChI=1S/C18H18Cl2N2O4/c1-3-25-18-15(20)8-12(9-16(18)24-2)10-21-22-17(23)11-26-14-6-4-13(19)5-7-14/h4-10H,3,11H2,1-2H3,(H,22,23). The Bertz CT molecular complexity index is 780. The van der Waals surface area contributed by atoms with Crippen molar-refractivity contribution >= 4 is 35.3 Å². The first kappa shape index (κ1) is 19.9. The predicted octanol–water partition coefficient (Wildman–Crippen LogP) is 3.93. The van der Waals surface area contributed by atoms with E-state index in [1.54, 1.807) is 36.4 Å². The Hall–Kier alpha value is -2.44. The summed E-state index contributed by atoms with van der Waals surface area (Å²) < 4.78 is 16.0. The Labute approximate surface area is 161 Å². The average Bonchev–Trinajstić information content (AvgIpc) is 2.63. The van der Waals surface area contributed by atoms with E-state index in [1.165, 1.54) is 13.3 Å². The first-order chi connectivity index (χ1) is 12.5. The average molecular weight is 397 g/mol. The van der Waals surface area contributed by atoms with Crippen LogP contribution in [0.2, 0.25) is 10.0 Å². The third-order valence-electron chi connectivity index (χ3n) is 3.13. The zero-order chi connectivity index (χ0) is 18.9. The van der Waals surface area contributed by atoms with Gasteiger partial charge in [-0.2, -0.15) is 5.10 Å². The highest BCUT2D eigenvalue weighted by Gasteiger charge is 2.11. The molecule has 2 aromatic carbocycles. The van der Waals surface area contributed by atoms with Crippen LogP contribution < -0.4 is 19.6 Å². The number of carbonyl (C=O) groups excluding carboxylic acids is 1. The summed E-state index contributed by atoms with van der Waals surface area (Å²) >= 11 is 12.0. The molecule has 0 fully saturated rings. The molecule has 0 aliphatic carbocycles. The Balaban J connectivity index is 1.91. The first-order valence-electron chi connectivity index (χ1n) is 7.74. The Morgan fingerprint density at radius 2 is 1.92 bits per heavy atom. The number of halogens is 2. The normalized spacial score (nSPS) is 10.6. The molecule has 0 heterocycles. The molecule has 0 aromatic heterocycles. The first-order valence-corrected chi connectivity index (χ1v) is 8.49. The van der Waals surface area contributed by atoms with Gasteiger partial charge >= 0.3 is 0 Å². The van der Waals surface area contributed by atoms with Gasteiger partial charge < -0.3 is 14.2 Å². The summed E-state index contributed by atoms with van der Waals surface area (Å²) in [5.74, 6) is 1.09. The number of nitrogens with one attached hydrogen (secondary N) is 1. The van der Waals surface area contributed by atoms with Gasteiger partial charge in [-0.15, -0.1) is 0 Å². The van der Waals surface area contributed by atoms with Gasteiger partial charge in [0.05, 0.1) is 25.0 Å². The number of methoxy groups -OCH3 is 1. The smallest absolute Gasteiger partial charge is 0.277 e. The molecule has 0 spiro atoms. The van der Waals surface area contributed by atoms with E-state index >= 15 is 0 Å². The minimum absolute atomic E-state index is 0.174. The maximum absolute atomic E-state index is 11.8. The molecule has 0 unspecified atom stereocenters. The van der Waals surface area contributed by atoms with Crippen molar-refractivity contribution in [1.29, 1.82) is 0 Å². The van der Waals surface area contributed by atoms with E-state index in [9.17, 15) is 4.79 Å². The number of ether oxygens (including phenoxy) is 3. The largest absolute Gasteiger partial charge is 0.493 e. The summed E-state index contributed by atoms with van der Waals surface area (Å²) in [5, 5.41) is 4.87. The zero-order valence-electron chi connectivity index (χ0n) is 14.3. The maximum Gasteiger partial charge on any atom is 0.277 e. The van der Waals surface area contributed by atoms with Gasteiger partial charge in [0, 0.05) is 5.02 Å². The molecule has 8 heteroatoms. The number of benzene rings is 2. The van der Waals surface area contributed by atoms with Crippen LogP contribution in [0.15, 0.2) is 41.5 Å². The van der Waals surface area contributed by atoms with Crippen molar-refractivity contribution in [2.75, 3.05) is 20.3 Å². The van der Waals surface area contributed by atoms with Gasteiger partial charge in [-0.3, -0.25) is 4.79 Å². The number of nitrogens with zero attached hydrogens (tertiary/aromatic N) is 1. The Morgan fingerprint density at radius 1 is 1.19 bits per heavy atom. The lowest BCUT2D eigenvalue weighted by atomic mass is 10.2. The summed E-state index contributed by atoms with van der Waals surface area (Å²) in [4.78, 5) is 11.8. The summed E-state index contributed by atoms with van der Waals surface area (Å²) in [7, 11) is 1.52. The number of carbonyl (C=O) groups is 1. The Morgan fingerprint density at radius 3 is 2.58 bits per heavy atom. The van der Waals surface area contributed by atoms with Gasteiger partial charge in [0.1, 0.15) is 5.75 Å². The lowest BCUT2D eigenvalue weighted by molar-refractivity contribution is -0.123. The monoisotopic (exact) mass is 396 g/mol. The number of hydrogen-bond donors (Lipinski definition) is 1. The molecule has 0 aliphatic heterocycles. The topological polar surface area (TPSA) is 69.2 Å². The second kappa shape index (κ2) is 9.89. The highest BCUT2D eigenvalue weighted by molar-refractivity contribution is 6.32. The third kappa shape index (κ3) is 5.82. The van der Waals surface area contributed by atoms with E-state index in [2.05, 4.69) is 10.5 Å². The summed E-state index contributed by atoms with van der Waals surface area (Å²) in [6.07, 6.45) is 1.45. The molecular formula is C18H18Cl2N2O4. The quantitative estimate of drug-likeness (QED) is 0.541. The van der Waals surface area contributed by atoms with Crippen LogP contribution in [0.4, 0.5) is 0 Å². The van der Waals surface area contributed by atoms with Crippen molar-refractivity contribution in [2.45, 2.75) is 6.92 Å². The second-order valence-corrected chi connectivity index (χ2v) is 5.85. The van der Waals surface area contributed by atoms with Crippen LogP contribution in [0.1, 0.15) is 12.5 Å². The van der Waals surface area contributed by atoms with Crippen molar-refractivity contribution < 1.29 is 19.0 Å². The fourth-order valence-corrected chi connectivity index (χ4v) is 2.39. The number of rotatable bonds is 8. The highest BCUT2D eigenvalue weighted by atomic mass is 35.5. The van der Waals surface area contributed by atoms with E-state index in [1.807, 2.05) is 6.92 Å². The van der Waals surface area contributed by atoms with Gasteiger partial charge in [-0.25, -0.2) is 5.43 Å². The molecule has 2 rings (SSSR count). The molecule has 0 radical (unpaired) electrons. The van der Waals surface area contributed by atoms with E-state index in [0.717, 1.165) is 0 Å². The molecule has 138 valence electrons. The maximum atomic E-state index is 11.8. The fourth-order valence-electron chi connectivity index (χ4n) is 1.99. The molecule has 0 bridgehead atoms. The fraction of sp³-hybridized carbons (Fsp3) is 0.222. The number of amides is 1. The van der Waals surface area contributed by atoms with Crippen molar-refractivity contribution in [1.82, 2.24) is 5.43 Å². The zero-order valence-corrected chi connectivity index (χ0v) is 15.8.